The van der Waals surface area contributed by atoms with Crippen molar-refractivity contribution in [3.63, 3.8) is 0 Å². The Morgan fingerprint density at radius 3 is 2.41 bits per heavy atom. The van der Waals surface area contributed by atoms with Crippen LogP contribution in [-0.4, -0.2) is 77.0 Å². The minimum atomic E-state index is -0.383. The monoisotopic (exact) mass is 550 g/mol. The first-order valence-electron chi connectivity index (χ1n) is 13.5. The molecule has 9 nitrogen and oxygen atoms in total. The van der Waals surface area contributed by atoms with Gasteiger partial charge in [-0.2, -0.15) is 0 Å². The lowest BCUT2D eigenvalue weighted by atomic mass is 10.1. The first-order chi connectivity index (χ1) is 18.7. The molecule has 39 heavy (non-hydrogen) atoms. The van der Waals surface area contributed by atoms with E-state index in [2.05, 4.69) is 42.8 Å². The molecule has 1 aromatic heterocycles. The van der Waals surface area contributed by atoms with Crippen molar-refractivity contribution in [2.24, 2.45) is 0 Å². The lowest BCUT2D eigenvalue weighted by Gasteiger charge is -2.33. The van der Waals surface area contributed by atoms with Crippen molar-refractivity contribution in [2.45, 2.75) is 46.3 Å². The second kappa shape index (κ2) is 13.1. The Morgan fingerprint density at radius 1 is 1.08 bits per heavy atom. The minimum absolute atomic E-state index is 0.0545. The summed E-state index contributed by atoms with van der Waals surface area (Å²) in [6, 6.07) is 15.3. The normalized spacial score (nSPS) is 13.9. The number of carbonyl (C=O) groups excluding carboxylic acids is 1. The Balaban J connectivity index is 1.55. The summed E-state index contributed by atoms with van der Waals surface area (Å²) in [5.41, 5.74) is 3.32. The van der Waals surface area contributed by atoms with Crippen LogP contribution in [-0.2, 0) is 6.54 Å². The highest BCUT2D eigenvalue weighted by molar-refractivity contribution is 7.14. The number of nitro benzene ring substituents is 1. The largest absolute Gasteiger partial charge is 0.342 e. The van der Waals surface area contributed by atoms with E-state index < -0.39 is 0 Å². The molecule has 1 saturated heterocycles. The molecule has 2 heterocycles. The van der Waals surface area contributed by atoms with Gasteiger partial charge in [-0.15, -0.1) is 11.3 Å². The summed E-state index contributed by atoms with van der Waals surface area (Å²) >= 11 is 1.54. The molecular weight excluding hydrogens is 512 g/mol. The maximum atomic E-state index is 12.9. The van der Waals surface area contributed by atoms with Crippen LogP contribution in [0.3, 0.4) is 0 Å². The Bertz CT molecular complexity index is 1250. The van der Waals surface area contributed by atoms with Gasteiger partial charge in [-0.3, -0.25) is 19.8 Å². The minimum Gasteiger partial charge on any atom is -0.342 e. The van der Waals surface area contributed by atoms with E-state index >= 15 is 0 Å². The predicted molar refractivity (Wildman–Crippen MR) is 157 cm³/mol. The molecule has 2 aromatic carbocycles. The number of piperazine rings is 1. The van der Waals surface area contributed by atoms with Crippen LogP contribution in [0.25, 0.3) is 11.3 Å². The Morgan fingerprint density at radius 2 is 1.77 bits per heavy atom. The number of anilines is 1. The van der Waals surface area contributed by atoms with Crippen LogP contribution in [0.15, 0.2) is 53.9 Å². The molecule has 0 radical (unpaired) electrons. The summed E-state index contributed by atoms with van der Waals surface area (Å²) in [6.07, 6.45) is 0. The van der Waals surface area contributed by atoms with Gasteiger partial charge in [0.05, 0.1) is 10.6 Å². The van der Waals surface area contributed by atoms with E-state index in [1.54, 1.807) is 23.5 Å². The zero-order valence-electron chi connectivity index (χ0n) is 23.2. The third-order valence-electron chi connectivity index (χ3n) is 7.05. The number of hydrogen-bond acceptors (Lipinski definition) is 8. The quantitative estimate of drug-likeness (QED) is 0.268. The van der Waals surface area contributed by atoms with Crippen LogP contribution in [0.4, 0.5) is 10.8 Å². The second-order valence-electron chi connectivity index (χ2n) is 10.4. The molecule has 1 amide bonds. The van der Waals surface area contributed by atoms with Crippen molar-refractivity contribution in [2.75, 3.05) is 44.2 Å². The van der Waals surface area contributed by atoms with Crippen LogP contribution in [0, 0.1) is 10.1 Å². The number of nitrogens with zero attached hydrogens (tertiary/aromatic N) is 5. The molecule has 4 rings (SSSR count). The predicted octanol–water partition coefficient (Wildman–Crippen LogP) is 4.89. The third kappa shape index (κ3) is 7.40. The fourth-order valence-electron chi connectivity index (χ4n) is 4.94. The molecule has 208 valence electrons. The standard InChI is InChI=1S/C29H38N6O3S/c1-21(2)34(22(3)4)17-16-33(29-31-27(20-39-29)25-6-5-7-26(18-25)35(37)38)19-23-8-10-24(11-9-23)28(36)32-14-12-30-13-15-32/h5-11,18,20-22,30H,12-17,19H2,1-4H3. The first kappa shape index (κ1) is 28.7. The highest BCUT2D eigenvalue weighted by atomic mass is 32.1. The van der Waals surface area contributed by atoms with Gasteiger partial charge >= 0.3 is 0 Å². The van der Waals surface area contributed by atoms with Gasteiger partial charge in [-0.1, -0.05) is 24.3 Å². The fraction of sp³-hybridized carbons (Fsp3) is 0.448. The smallest absolute Gasteiger partial charge is 0.270 e. The topological polar surface area (TPSA) is 94.8 Å². The molecule has 3 aromatic rings. The molecule has 1 aliphatic rings. The summed E-state index contributed by atoms with van der Waals surface area (Å²) in [5, 5.41) is 17.4. The van der Waals surface area contributed by atoms with Crippen LogP contribution in [0.1, 0.15) is 43.6 Å². The Kier molecular flexibility index (Phi) is 9.66. The number of amides is 1. The molecule has 0 atom stereocenters. The molecular formula is C29H38N6O3S. The van der Waals surface area contributed by atoms with Crippen LogP contribution in [0.5, 0.6) is 0 Å². The first-order valence-corrected chi connectivity index (χ1v) is 14.4. The van der Waals surface area contributed by atoms with Crippen molar-refractivity contribution in [3.05, 3.63) is 75.2 Å². The summed E-state index contributed by atoms with van der Waals surface area (Å²) in [7, 11) is 0. The molecule has 0 aliphatic carbocycles. The number of thiazole rings is 1. The number of benzene rings is 2. The third-order valence-corrected chi connectivity index (χ3v) is 7.95. The SMILES string of the molecule is CC(C)N(CCN(Cc1ccc(C(=O)N2CCNCC2)cc1)c1nc(-c2cccc([N+](=O)[O-])c2)cs1)C(C)C. The zero-order valence-corrected chi connectivity index (χ0v) is 24.0. The van der Waals surface area contributed by atoms with Crippen molar-refractivity contribution < 1.29 is 9.72 Å². The summed E-state index contributed by atoms with van der Waals surface area (Å²) in [5.74, 6) is 0.0749. The van der Waals surface area contributed by atoms with E-state index in [4.69, 9.17) is 4.98 Å². The molecule has 10 heteroatoms. The molecule has 1 aliphatic heterocycles. The fourth-order valence-corrected chi connectivity index (χ4v) is 5.80. The van der Waals surface area contributed by atoms with E-state index in [-0.39, 0.29) is 16.5 Å². The van der Waals surface area contributed by atoms with Gasteiger partial charge in [-0.25, -0.2) is 4.98 Å². The number of non-ortho nitro benzene ring substituents is 1. The highest BCUT2D eigenvalue weighted by Crippen LogP contribution is 2.30. The van der Waals surface area contributed by atoms with E-state index in [1.807, 2.05) is 40.6 Å². The van der Waals surface area contributed by atoms with Crippen molar-refractivity contribution >= 4 is 28.1 Å². The van der Waals surface area contributed by atoms with E-state index in [0.717, 1.165) is 61.2 Å². The maximum Gasteiger partial charge on any atom is 0.270 e. The Hall–Kier alpha value is -3.34. The van der Waals surface area contributed by atoms with E-state index in [0.29, 0.717) is 24.2 Å². The van der Waals surface area contributed by atoms with E-state index in [1.165, 1.54) is 6.07 Å². The average molecular weight is 551 g/mol. The molecule has 0 bridgehead atoms. The van der Waals surface area contributed by atoms with Gasteiger partial charge < -0.3 is 15.1 Å². The lowest BCUT2D eigenvalue weighted by Crippen LogP contribution is -2.46. The highest BCUT2D eigenvalue weighted by Gasteiger charge is 2.20. The molecule has 1 fully saturated rings. The van der Waals surface area contributed by atoms with Gasteiger partial charge in [-0.05, 0) is 45.4 Å². The number of aromatic nitrogens is 1. The number of nitro groups is 1. The maximum absolute atomic E-state index is 12.9. The number of rotatable bonds is 11. The summed E-state index contributed by atoms with van der Waals surface area (Å²) < 4.78 is 0. The average Bonchev–Trinajstić information content (AvgIpc) is 3.43. The van der Waals surface area contributed by atoms with Gasteiger partial charge in [0, 0.05) is 86.5 Å². The molecule has 0 unspecified atom stereocenters. The van der Waals surface area contributed by atoms with Gasteiger partial charge in [0.25, 0.3) is 11.6 Å². The number of hydrogen-bond donors (Lipinski definition) is 1. The van der Waals surface area contributed by atoms with Crippen molar-refractivity contribution in [3.8, 4) is 11.3 Å². The van der Waals surface area contributed by atoms with Crippen LogP contribution >= 0.6 is 11.3 Å². The van der Waals surface area contributed by atoms with Gasteiger partial charge in [0.2, 0.25) is 0 Å². The lowest BCUT2D eigenvalue weighted by molar-refractivity contribution is -0.384. The second-order valence-corrected chi connectivity index (χ2v) is 11.2. The molecule has 0 saturated carbocycles. The number of nitrogens with one attached hydrogen (secondary N) is 1. The van der Waals surface area contributed by atoms with E-state index in [9.17, 15) is 14.9 Å². The summed E-state index contributed by atoms with van der Waals surface area (Å²) in [6.45, 7) is 14.3. The van der Waals surface area contributed by atoms with Crippen molar-refractivity contribution in [1.29, 1.82) is 0 Å². The number of carbonyl (C=O) groups is 1. The van der Waals surface area contributed by atoms with Crippen LogP contribution in [0.2, 0.25) is 0 Å². The van der Waals surface area contributed by atoms with Gasteiger partial charge in [0.1, 0.15) is 0 Å². The van der Waals surface area contributed by atoms with Gasteiger partial charge in [0.15, 0.2) is 5.13 Å². The zero-order chi connectivity index (χ0) is 27.9. The summed E-state index contributed by atoms with van der Waals surface area (Å²) in [4.78, 5) is 35.3. The molecule has 0 spiro atoms. The Labute approximate surface area is 234 Å². The van der Waals surface area contributed by atoms with Crippen LogP contribution < -0.4 is 10.2 Å². The molecule has 1 N–H and O–H groups in total. The van der Waals surface area contributed by atoms with Crippen molar-refractivity contribution in [1.82, 2.24) is 20.1 Å².